The number of hydrogen-bond donors (Lipinski definition) is 2. The van der Waals surface area contributed by atoms with Gasteiger partial charge in [0.05, 0.1) is 24.5 Å². The monoisotopic (exact) mass is 407 g/mol. The van der Waals surface area contributed by atoms with Gasteiger partial charge in [-0.25, -0.2) is 13.1 Å². The van der Waals surface area contributed by atoms with Crippen LogP contribution in [0.4, 0.5) is 0 Å². The molecule has 26 heavy (non-hydrogen) atoms. The van der Waals surface area contributed by atoms with Crippen molar-refractivity contribution in [3.63, 3.8) is 0 Å². The van der Waals surface area contributed by atoms with E-state index in [1.165, 1.54) is 23.7 Å². The van der Waals surface area contributed by atoms with Gasteiger partial charge in [-0.1, -0.05) is 6.07 Å². The number of hydrogen-bond acceptors (Lipinski definition) is 8. The first-order chi connectivity index (χ1) is 12.5. The number of aromatic nitrogens is 2. The lowest BCUT2D eigenvalue weighted by Crippen LogP contribution is -2.41. The average molecular weight is 407 g/mol. The van der Waals surface area contributed by atoms with Gasteiger partial charge in [0.2, 0.25) is 10.0 Å². The van der Waals surface area contributed by atoms with Crippen LogP contribution in [0.2, 0.25) is 0 Å². The summed E-state index contributed by atoms with van der Waals surface area (Å²) in [6.07, 6.45) is 1.43. The number of rotatable bonds is 6. The fourth-order valence-corrected chi connectivity index (χ4v) is 5.17. The summed E-state index contributed by atoms with van der Waals surface area (Å²) in [7, 11) is -3.92. The van der Waals surface area contributed by atoms with Crippen molar-refractivity contribution in [2.24, 2.45) is 0 Å². The fourth-order valence-electron chi connectivity index (χ4n) is 2.62. The van der Waals surface area contributed by atoms with Crippen molar-refractivity contribution in [2.45, 2.75) is 10.5 Å². The number of aliphatic hydroxyl groups is 1. The van der Waals surface area contributed by atoms with Gasteiger partial charge in [-0.15, -0.1) is 0 Å². The van der Waals surface area contributed by atoms with Gasteiger partial charge < -0.3 is 9.52 Å². The average Bonchev–Trinajstić information content (AvgIpc) is 3.41. The van der Waals surface area contributed by atoms with Crippen LogP contribution in [0, 0.1) is 0 Å². The summed E-state index contributed by atoms with van der Waals surface area (Å²) in [6, 6.07) is 9.74. The largest absolute Gasteiger partial charge is 0.466 e. The van der Waals surface area contributed by atoms with E-state index < -0.39 is 15.6 Å². The van der Waals surface area contributed by atoms with Crippen LogP contribution in [0.25, 0.3) is 11.0 Å². The highest BCUT2D eigenvalue weighted by Gasteiger charge is 2.36. The Kier molecular flexibility index (Phi) is 4.37. The van der Waals surface area contributed by atoms with Crippen molar-refractivity contribution < 1.29 is 17.9 Å². The Hall–Kier alpha value is -2.11. The first kappa shape index (κ1) is 17.3. The van der Waals surface area contributed by atoms with E-state index in [-0.39, 0.29) is 17.2 Å². The summed E-state index contributed by atoms with van der Waals surface area (Å²) in [5, 5.41) is 14.7. The Morgan fingerprint density at radius 1 is 1.19 bits per heavy atom. The zero-order valence-electron chi connectivity index (χ0n) is 13.2. The molecule has 1 atom stereocenters. The Morgan fingerprint density at radius 2 is 2.08 bits per heavy atom. The number of benzene rings is 1. The molecular formula is C16H13N3O4S3. The molecule has 4 rings (SSSR count). The standard InChI is InChI=1S/C16H13N3O4S3/c20-16(11-6-8-24-9-11,14-5-2-7-23-14)10-17-26(21,22)13-4-1-3-12-15(13)19-25-18-12/h1-9,17,20H,10H2/t16-/m1/s1. The van der Waals surface area contributed by atoms with Crippen LogP contribution < -0.4 is 4.72 Å². The minimum absolute atomic E-state index is 0.0239. The number of thiophene rings is 1. The molecule has 0 saturated heterocycles. The number of furan rings is 1. The summed E-state index contributed by atoms with van der Waals surface area (Å²) >= 11 is 2.35. The van der Waals surface area contributed by atoms with Crippen LogP contribution in [0.1, 0.15) is 11.3 Å². The lowest BCUT2D eigenvalue weighted by Gasteiger charge is -2.25. The Labute approximate surface area is 157 Å². The van der Waals surface area contributed by atoms with Gasteiger partial charge in [0.1, 0.15) is 21.7 Å². The first-order valence-electron chi connectivity index (χ1n) is 7.51. The number of sulfonamides is 1. The minimum Gasteiger partial charge on any atom is -0.466 e. The second kappa shape index (κ2) is 6.56. The molecule has 0 fully saturated rings. The Morgan fingerprint density at radius 3 is 2.81 bits per heavy atom. The number of fused-ring (bicyclic) bond motifs is 1. The normalized spacial score (nSPS) is 14.5. The van der Waals surface area contributed by atoms with Gasteiger partial charge >= 0.3 is 0 Å². The molecule has 0 aliphatic heterocycles. The highest BCUT2D eigenvalue weighted by Crippen LogP contribution is 2.31. The molecule has 0 radical (unpaired) electrons. The summed E-state index contributed by atoms with van der Waals surface area (Å²) in [5.41, 5.74) is -0.252. The zero-order chi connectivity index (χ0) is 18.2. The van der Waals surface area contributed by atoms with Gasteiger partial charge in [0.25, 0.3) is 0 Å². The maximum absolute atomic E-state index is 12.8. The highest BCUT2D eigenvalue weighted by atomic mass is 32.2. The van der Waals surface area contributed by atoms with Crippen LogP contribution in [-0.2, 0) is 15.6 Å². The fraction of sp³-hybridized carbons (Fsp3) is 0.125. The van der Waals surface area contributed by atoms with Crippen molar-refractivity contribution in [2.75, 3.05) is 6.54 Å². The third-order valence-corrected chi connectivity index (χ3v) is 6.64. The molecule has 0 spiro atoms. The molecule has 3 heterocycles. The second-order valence-electron chi connectivity index (χ2n) is 5.56. The van der Waals surface area contributed by atoms with Crippen LogP contribution in [0.15, 0.2) is 62.7 Å². The number of nitrogens with zero attached hydrogens (tertiary/aromatic N) is 2. The van der Waals surface area contributed by atoms with Crippen molar-refractivity contribution in [3.8, 4) is 0 Å². The lowest BCUT2D eigenvalue weighted by molar-refractivity contribution is 0.0623. The van der Waals surface area contributed by atoms with Gasteiger partial charge in [0.15, 0.2) is 5.60 Å². The molecule has 0 aliphatic carbocycles. The van der Waals surface area contributed by atoms with Crippen molar-refractivity contribution in [1.29, 1.82) is 0 Å². The van der Waals surface area contributed by atoms with E-state index in [1.807, 2.05) is 0 Å². The van der Waals surface area contributed by atoms with Crippen LogP contribution in [0.3, 0.4) is 0 Å². The lowest BCUT2D eigenvalue weighted by atomic mass is 9.94. The van der Waals surface area contributed by atoms with E-state index in [0.717, 1.165) is 11.7 Å². The molecule has 4 aromatic rings. The summed E-state index contributed by atoms with van der Waals surface area (Å²) in [6.45, 7) is -0.284. The third kappa shape index (κ3) is 2.95. The van der Waals surface area contributed by atoms with Gasteiger partial charge in [0, 0.05) is 5.56 Å². The molecule has 7 nitrogen and oxygen atoms in total. The Balaban J connectivity index is 1.69. The maximum Gasteiger partial charge on any atom is 0.242 e. The topological polar surface area (TPSA) is 105 Å². The maximum atomic E-state index is 12.8. The predicted octanol–water partition coefficient (Wildman–Crippen LogP) is 2.56. The van der Waals surface area contributed by atoms with Crippen LogP contribution in [0.5, 0.6) is 0 Å². The minimum atomic E-state index is -3.92. The third-order valence-electron chi connectivity index (χ3n) is 3.98. The molecule has 0 bridgehead atoms. The molecule has 0 unspecified atom stereocenters. The molecule has 1 aromatic carbocycles. The van der Waals surface area contributed by atoms with Crippen molar-refractivity contribution >= 4 is 44.1 Å². The summed E-state index contributed by atoms with van der Waals surface area (Å²) < 4.78 is 41.6. The molecular weight excluding hydrogens is 394 g/mol. The molecule has 0 saturated carbocycles. The summed E-state index contributed by atoms with van der Waals surface area (Å²) in [4.78, 5) is 0.0239. The van der Waals surface area contributed by atoms with E-state index in [4.69, 9.17) is 4.42 Å². The number of nitrogens with one attached hydrogen (secondary N) is 1. The Bertz CT molecular complexity index is 1080. The second-order valence-corrected chi connectivity index (χ2v) is 8.61. The predicted molar refractivity (Wildman–Crippen MR) is 98.6 cm³/mol. The molecule has 3 aromatic heterocycles. The molecule has 10 heteroatoms. The van der Waals surface area contributed by atoms with E-state index in [2.05, 4.69) is 13.5 Å². The molecule has 0 amide bonds. The van der Waals surface area contributed by atoms with E-state index in [9.17, 15) is 13.5 Å². The molecule has 0 aliphatic rings. The quantitative estimate of drug-likeness (QED) is 0.509. The van der Waals surface area contributed by atoms with Crippen molar-refractivity contribution in [3.05, 3.63) is 64.7 Å². The molecule has 134 valence electrons. The van der Waals surface area contributed by atoms with Crippen LogP contribution >= 0.6 is 23.1 Å². The van der Waals surface area contributed by atoms with Gasteiger partial charge in [-0.3, -0.25) is 0 Å². The van der Waals surface area contributed by atoms with E-state index in [0.29, 0.717) is 16.6 Å². The van der Waals surface area contributed by atoms with E-state index in [1.54, 1.807) is 41.1 Å². The highest BCUT2D eigenvalue weighted by molar-refractivity contribution is 7.89. The van der Waals surface area contributed by atoms with Gasteiger partial charge in [-0.05, 0) is 41.1 Å². The van der Waals surface area contributed by atoms with E-state index >= 15 is 0 Å². The van der Waals surface area contributed by atoms with Gasteiger partial charge in [-0.2, -0.15) is 20.1 Å². The zero-order valence-corrected chi connectivity index (χ0v) is 15.6. The van der Waals surface area contributed by atoms with Crippen LogP contribution in [-0.4, -0.2) is 28.8 Å². The SMILES string of the molecule is O=S(=O)(NC[C@@](O)(c1ccsc1)c1ccco1)c1cccc2nsnc12. The molecule has 2 N–H and O–H groups in total. The summed E-state index contributed by atoms with van der Waals surface area (Å²) in [5.74, 6) is 0.257. The van der Waals surface area contributed by atoms with Crippen molar-refractivity contribution in [1.82, 2.24) is 13.5 Å². The smallest absolute Gasteiger partial charge is 0.242 e. The first-order valence-corrected chi connectivity index (χ1v) is 10.7.